The van der Waals surface area contributed by atoms with Crippen LogP contribution in [-0.2, 0) is 25.5 Å². The van der Waals surface area contributed by atoms with E-state index in [1.165, 1.54) is 0 Å². The summed E-state index contributed by atoms with van der Waals surface area (Å²) in [4.78, 5) is 49.9. The van der Waals surface area contributed by atoms with Gasteiger partial charge in [0.05, 0.1) is 12.8 Å². The van der Waals surface area contributed by atoms with Crippen molar-refractivity contribution in [3.63, 3.8) is 0 Å². The molecule has 0 unspecified atom stereocenters. The number of fused-ring (bicyclic) bond motifs is 2. The lowest BCUT2D eigenvalue weighted by molar-refractivity contribution is -0.147. The molecule has 0 aliphatic carbocycles. The van der Waals surface area contributed by atoms with Gasteiger partial charge >= 0.3 is 5.97 Å². The third-order valence-corrected chi connectivity index (χ3v) is 5.07. The summed E-state index contributed by atoms with van der Waals surface area (Å²) in [5, 5.41) is 4.72. The maximum Gasteiger partial charge on any atom is 0.308 e. The molecule has 1 N–H and O–H groups in total. The summed E-state index contributed by atoms with van der Waals surface area (Å²) in [5.41, 5.74) is 1.75. The van der Waals surface area contributed by atoms with Crippen molar-refractivity contribution in [2.75, 3.05) is 18.5 Å². The van der Waals surface area contributed by atoms with Crippen molar-refractivity contribution in [1.29, 1.82) is 0 Å². The second-order valence-corrected chi connectivity index (χ2v) is 7.21. The number of ether oxygens (including phenoxy) is 1. The fourth-order valence-corrected chi connectivity index (χ4v) is 3.51. The molecule has 3 amide bonds. The van der Waals surface area contributed by atoms with E-state index < -0.39 is 24.4 Å². The number of esters is 1. The van der Waals surface area contributed by atoms with E-state index in [2.05, 4.69) is 5.32 Å². The summed E-state index contributed by atoms with van der Waals surface area (Å²) in [6.45, 7) is -0.534. The van der Waals surface area contributed by atoms with Gasteiger partial charge in [0, 0.05) is 17.8 Å². The Bertz CT molecular complexity index is 1190. The Hall–Kier alpha value is -4.00. The Kier molecular flexibility index (Phi) is 5.75. The van der Waals surface area contributed by atoms with Gasteiger partial charge in [-0.1, -0.05) is 48.5 Å². The minimum absolute atomic E-state index is 0.0862. The van der Waals surface area contributed by atoms with E-state index in [-0.39, 0.29) is 25.3 Å². The molecule has 0 bridgehead atoms. The lowest BCUT2D eigenvalue weighted by Crippen LogP contribution is -2.43. The average Bonchev–Trinajstić information content (AvgIpc) is 2.77. The summed E-state index contributed by atoms with van der Waals surface area (Å²) in [5.74, 6) is -1.91. The molecule has 3 aromatic carbocycles. The predicted octanol–water partition coefficient (Wildman–Crippen LogP) is 2.94. The first kappa shape index (κ1) is 20.3. The molecule has 156 valence electrons. The minimum Gasteiger partial charge on any atom is -0.456 e. The number of benzene rings is 3. The van der Waals surface area contributed by atoms with Crippen LogP contribution in [0.25, 0.3) is 10.8 Å². The Morgan fingerprint density at radius 3 is 2.52 bits per heavy atom. The highest BCUT2D eigenvalue weighted by molar-refractivity contribution is 6.09. The fraction of sp³-hybridized carbons (Fsp3) is 0.167. The van der Waals surface area contributed by atoms with Crippen LogP contribution in [0.4, 0.5) is 5.69 Å². The smallest absolute Gasteiger partial charge is 0.308 e. The Morgan fingerprint density at radius 1 is 0.935 bits per heavy atom. The summed E-state index contributed by atoms with van der Waals surface area (Å²) >= 11 is 0. The number of hydrogen-bond donors (Lipinski definition) is 1. The Labute approximate surface area is 178 Å². The molecular formula is C24H20N2O5. The normalized spacial score (nSPS) is 13.1. The molecule has 0 spiro atoms. The van der Waals surface area contributed by atoms with Gasteiger partial charge in [0.15, 0.2) is 6.61 Å². The van der Waals surface area contributed by atoms with Gasteiger partial charge in [0.2, 0.25) is 5.91 Å². The van der Waals surface area contributed by atoms with Crippen LogP contribution in [0.15, 0.2) is 66.7 Å². The number of anilines is 1. The summed E-state index contributed by atoms with van der Waals surface area (Å²) in [7, 11) is 0. The average molecular weight is 416 g/mol. The Morgan fingerprint density at radius 2 is 1.68 bits per heavy atom. The van der Waals surface area contributed by atoms with E-state index in [0.717, 1.165) is 15.7 Å². The highest BCUT2D eigenvalue weighted by Gasteiger charge is 2.30. The molecule has 1 aliphatic heterocycles. The van der Waals surface area contributed by atoms with Crippen LogP contribution in [0.1, 0.15) is 22.3 Å². The Balaban J connectivity index is 1.26. The molecule has 0 saturated carbocycles. The number of rotatable bonds is 6. The molecule has 0 fully saturated rings. The molecular weight excluding hydrogens is 396 g/mol. The van der Waals surface area contributed by atoms with Crippen LogP contribution in [0, 0.1) is 0 Å². The third kappa shape index (κ3) is 4.61. The van der Waals surface area contributed by atoms with Crippen LogP contribution in [-0.4, -0.2) is 41.7 Å². The van der Waals surface area contributed by atoms with Crippen molar-refractivity contribution in [2.45, 2.75) is 12.8 Å². The fourth-order valence-electron chi connectivity index (χ4n) is 3.51. The standard InChI is InChI=1S/C24H20N2O5/c27-21(25-19-10-9-16-5-1-2-6-17(16)13-19)15-31-23(29)11-12-26-22(28)14-18-7-3-4-8-20(18)24(26)30/h1-10,13H,11-12,14-15H2,(H,25,27). The van der Waals surface area contributed by atoms with Crippen molar-refractivity contribution in [1.82, 2.24) is 4.90 Å². The van der Waals surface area contributed by atoms with E-state index >= 15 is 0 Å². The van der Waals surface area contributed by atoms with Gasteiger partial charge in [-0.3, -0.25) is 24.1 Å². The molecule has 7 heteroatoms. The lowest BCUT2D eigenvalue weighted by atomic mass is 9.98. The van der Waals surface area contributed by atoms with Crippen molar-refractivity contribution >= 4 is 40.2 Å². The summed E-state index contributed by atoms with van der Waals surface area (Å²) in [6, 6.07) is 20.2. The van der Waals surface area contributed by atoms with E-state index in [1.54, 1.807) is 30.3 Å². The van der Waals surface area contributed by atoms with Gasteiger partial charge in [0.1, 0.15) is 0 Å². The largest absolute Gasteiger partial charge is 0.456 e. The molecule has 0 atom stereocenters. The molecule has 1 heterocycles. The maximum absolute atomic E-state index is 12.5. The van der Waals surface area contributed by atoms with E-state index in [4.69, 9.17) is 4.74 Å². The molecule has 1 aliphatic rings. The molecule has 31 heavy (non-hydrogen) atoms. The predicted molar refractivity (Wildman–Crippen MR) is 114 cm³/mol. The topological polar surface area (TPSA) is 92.8 Å². The zero-order chi connectivity index (χ0) is 21.8. The van der Waals surface area contributed by atoms with Crippen molar-refractivity contribution in [3.8, 4) is 0 Å². The first-order valence-electron chi connectivity index (χ1n) is 9.88. The van der Waals surface area contributed by atoms with Crippen molar-refractivity contribution in [2.24, 2.45) is 0 Å². The SMILES string of the molecule is O=C(COC(=O)CCN1C(=O)Cc2ccccc2C1=O)Nc1ccc2ccccc2c1. The minimum atomic E-state index is -0.659. The quantitative estimate of drug-likeness (QED) is 0.493. The van der Waals surface area contributed by atoms with Crippen molar-refractivity contribution < 1.29 is 23.9 Å². The van der Waals surface area contributed by atoms with Gasteiger partial charge in [0.25, 0.3) is 11.8 Å². The van der Waals surface area contributed by atoms with Crippen LogP contribution in [0.2, 0.25) is 0 Å². The zero-order valence-electron chi connectivity index (χ0n) is 16.7. The van der Waals surface area contributed by atoms with Crippen LogP contribution >= 0.6 is 0 Å². The highest BCUT2D eigenvalue weighted by atomic mass is 16.5. The van der Waals surface area contributed by atoms with Gasteiger partial charge in [-0.2, -0.15) is 0 Å². The zero-order valence-corrected chi connectivity index (χ0v) is 16.7. The third-order valence-electron chi connectivity index (χ3n) is 5.07. The van der Waals surface area contributed by atoms with E-state index in [9.17, 15) is 19.2 Å². The van der Waals surface area contributed by atoms with Gasteiger partial charge in [-0.05, 0) is 34.5 Å². The van der Waals surface area contributed by atoms with E-state index in [1.807, 2.05) is 36.4 Å². The van der Waals surface area contributed by atoms with Gasteiger partial charge in [-0.15, -0.1) is 0 Å². The lowest BCUT2D eigenvalue weighted by Gasteiger charge is -2.26. The maximum atomic E-state index is 12.5. The van der Waals surface area contributed by atoms with Crippen LogP contribution in [0.3, 0.4) is 0 Å². The monoisotopic (exact) mass is 416 g/mol. The van der Waals surface area contributed by atoms with Crippen molar-refractivity contribution in [3.05, 3.63) is 77.9 Å². The number of imide groups is 1. The molecule has 3 aromatic rings. The van der Waals surface area contributed by atoms with Gasteiger partial charge < -0.3 is 10.1 Å². The second-order valence-electron chi connectivity index (χ2n) is 7.21. The highest BCUT2D eigenvalue weighted by Crippen LogP contribution is 2.20. The number of amides is 3. The first-order chi connectivity index (χ1) is 15.0. The number of carbonyl (C=O) groups is 4. The summed E-state index contributed by atoms with van der Waals surface area (Å²) in [6.07, 6.45) is -0.0615. The number of hydrogen-bond acceptors (Lipinski definition) is 5. The van der Waals surface area contributed by atoms with E-state index in [0.29, 0.717) is 16.8 Å². The molecule has 0 saturated heterocycles. The second kappa shape index (κ2) is 8.79. The summed E-state index contributed by atoms with van der Waals surface area (Å²) < 4.78 is 4.99. The molecule has 7 nitrogen and oxygen atoms in total. The number of nitrogens with one attached hydrogen (secondary N) is 1. The first-order valence-corrected chi connectivity index (χ1v) is 9.88. The number of carbonyl (C=O) groups excluding carboxylic acids is 4. The molecule has 4 rings (SSSR count). The molecule has 0 radical (unpaired) electrons. The van der Waals surface area contributed by atoms with Gasteiger partial charge in [-0.25, -0.2) is 0 Å². The van der Waals surface area contributed by atoms with Crippen LogP contribution in [0.5, 0.6) is 0 Å². The number of nitrogens with zero attached hydrogens (tertiary/aromatic N) is 1. The molecule has 0 aromatic heterocycles. The van der Waals surface area contributed by atoms with Crippen LogP contribution < -0.4 is 5.32 Å².